The summed E-state index contributed by atoms with van der Waals surface area (Å²) in [6, 6.07) is 11.8. The first-order valence-electron chi connectivity index (χ1n) is 7.25. The first-order chi connectivity index (χ1) is 11.9. The van der Waals surface area contributed by atoms with Gasteiger partial charge in [0.05, 0.1) is 17.6 Å². The Balaban J connectivity index is 2.04. The predicted molar refractivity (Wildman–Crippen MR) is 90.3 cm³/mol. The summed E-state index contributed by atoms with van der Waals surface area (Å²) in [5, 5.41) is 0. The molecule has 1 N–H and O–H groups in total. The smallest absolute Gasteiger partial charge is 0.338 e. The predicted octanol–water partition coefficient (Wildman–Crippen LogP) is 1.64. The van der Waals surface area contributed by atoms with Gasteiger partial charge in [0.15, 0.2) is 12.4 Å². The van der Waals surface area contributed by atoms with Crippen LogP contribution < -0.4 is 9.46 Å². The highest BCUT2D eigenvalue weighted by atomic mass is 32.2. The molecule has 0 aliphatic rings. The molecule has 0 aromatic heterocycles. The van der Waals surface area contributed by atoms with Crippen molar-refractivity contribution < 1.29 is 27.5 Å². The summed E-state index contributed by atoms with van der Waals surface area (Å²) in [7, 11) is -0.885. The van der Waals surface area contributed by atoms with E-state index in [4.69, 9.17) is 9.47 Å². The van der Waals surface area contributed by atoms with Crippen LogP contribution in [0.25, 0.3) is 0 Å². The van der Waals surface area contributed by atoms with Crippen molar-refractivity contribution in [3.63, 3.8) is 0 Å². The van der Waals surface area contributed by atoms with E-state index in [-0.39, 0.29) is 16.2 Å². The summed E-state index contributed by atoms with van der Waals surface area (Å²) in [4.78, 5) is 24.0. The topological polar surface area (TPSA) is 98.8 Å². The molecule has 0 unspecified atom stereocenters. The van der Waals surface area contributed by atoms with Gasteiger partial charge in [0.25, 0.3) is 0 Å². The average Bonchev–Trinajstić information content (AvgIpc) is 2.66. The molecule has 7 nitrogen and oxygen atoms in total. The Kier molecular flexibility index (Phi) is 5.89. The third-order valence-corrected chi connectivity index (χ3v) is 4.81. The summed E-state index contributed by atoms with van der Waals surface area (Å²) in [5.41, 5.74) is 0.416. The van der Waals surface area contributed by atoms with Crippen LogP contribution in [0.1, 0.15) is 20.7 Å². The Morgan fingerprint density at radius 3 is 2.32 bits per heavy atom. The maximum atomic E-state index is 12.0. The lowest BCUT2D eigenvalue weighted by Gasteiger charge is -2.07. The normalized spacial score (nSPS) is 11.0. The fourth-order valence-corrected chi connectivity index (χ4v) is 2.76. The second-order valence-corrected chi connectivity index (χ2v) is 6.85. The number of carbonyl (C=O) groups is 2. The highest BCUT2D eigenvalue weighted by molar-refractivity contribution is 7.89. The van der Waals surface area contributed by atoms with Gasteiger partial charge in [0.1, 0.15) is 5.75 Å². The van der Waals surface area contributed by atoms with Crippen LogP contribution in [0, 0.1) is 0 Å². The molecule has 0 radical (unpaired) electrons. The number of hydrogen-bond donors (Lipinski definition) is 1. The second-order valence-electron chi connectivity index (χ2n) is 4.96. The Morgan fingerprint density at radius 1 is 1.04 bits per heavy atom. The number of nitrogens with one attached hydrogen (secondary N) is 1. The van der Waals surface area contributed by atoms with Gasteiger partial charge in [-0.15, -0.1) is 0 Å². The Labute approximate surface area is 145 Å². The minimum Gasteiger partial charge on any atom is -0.497 e. The van der Waals surface area contributed by atoms with E-state index in [9.17, 15) is 18.0 Å². The molecule has 0 aliphatic carbocycles. The molecule has 132 valence electrons. The molecule has 25 heavy (non-hydrogen) atoms. The van der Waals surface area contributed by atoms with E-state index >= 15 is 0 Å². The van der Waals surface area contributed by atoms with E-state index < -0.39 is 22.6 Å². The number of ether oxygens (including phenoxy) is 2. The third kappa shape index (κ3) is 4.65. The molecule has 0 bridgehead atoms. The number of hydrogen-bond acceptors (Lipinski definition) is 6. The molecule has 0 heterocycles. The monoisotopic (exact) mass is 363 g/mol. The van der Waals surface area contributed by atoms with Crippen LogP contribution in [0.15, 0.2) is 53.4 Å². The first kappa shape index (κ1) is 18.6. The summed E-state index contributed by atoms with van der Waals surface area (Å²) in [5.74, 6) is -0.555. The SMILES string of the molecule is CNS(=O)(=O)c1cccc(C(=O)OCC(=O)c2ccc(OC)cc2)c1. The van der Waals surface area contributed by atoms with E-state index in [2.05, 4.69) is 4.72 Å². The van der Waals surface area contributed by atoms with Crippen LogP contribution in [0.4, 0.5) is 0 Å². The van der Waals surface area contributed by atoms with Gasteiger partial charge in [0.2, 0.25) is 10.0 Å². The molecule has 0 atom stereocenters. The zero-order chi connectivity index (χ0) is 18.4. The molecule has 0 spiro atoms. The van der Waals surface area contributed by atoms with E-state index in [0.29, 0.717) is 11.3 Å². The lowest BCUT2D eigenvalue weighted by molar-refractivity contribution is 0.0474. The molecular weight excluding hydrogens is 346 g/mol. The fraction of sp³-hybridized carbons (Fsp3) is 0.176. The molecule has 0 aliphatic heterocycles. The van der Waals surface area contributed by atoms with E-state index in [1.54, 1.807) is 24.3 Å². The van der Waals surface area contributed by atoms with E-state index in [1.165, 1.54) is 38.4 Å². The lowest BCUT2D eigenvalue weighted by atomic mass is 10.1. The molecular formula is C17H17NO6S. The van der Waals surface area contributed by atoms with Crippen molar-refractivity contribution in [2.75, 3.05) is 20.8 Å². The van der Waals surface area contributed by atoms with Crippen molar-refractivity contribution in [2.45, 2.75) is 4.90 Å². The number of carbonyl (C=O) groups excluding carboxylic acids is 2. The van der Waals surface area contributed by atoms with Gasteiger partial charge >= 0.3 is 5.97 Å². The van der Waals surface area contributed by atoms with Gasteiger partial charge in [-0.05, 0) is 49.5 Å². The molecule has 0 saturated carbocycles. The van der Waals surface area contributed by atoms with Crippen LogP contribution in [0.5, 0.6) is 5.75 Å². The molecule has 2 aromatic carbocycles. The molecule has 8 heteroatoms. The van der Waals surface area contributed by atoms with Crippen molar-refractivity contribution in [2.24, 2.45) is 0 Å². The van der Waals surface area contributed by atoms with E-state index in [0.717, 1.165) is 0 Å². The van der Waals surface area contributed by atoms with Crippen LogP contribution >= 0.6 is 0 Å². The number of benzene rings is 2. The summed E-state index contributed by atoms with van der Waals surface area (Å²) >= 11 is 0. The highest BCUT2D eigenvalue weighted by Gasteiger charge is 2.16. The third-order valence-electron chi connectivity index (χ3n) is 3.40. The molecule has 2 aromatic rings. The van der Waals surface area contributed by atoms with Gasteiger partial charge in [-0.25, -0.2) is 17.9 Å². The minimum absolute atomic E-state index is 0.0406. The molecule has 2 rings (SSSR count). The van der Waals surface area contributed by atoms with Crippen molar-refractivity contribution >= 4 is 21.8 Å². The van der Waals surface area contributed by atoms with Crippen LogP contribution in [0.2, 0.25) is 0 Å². The quantitative estimate of drug-likeness (QED) is 0.593. The maximum Gasteiger partial charge on any atom is 0.338 e. The van der Waals surface area contributed by atoms with Gasteiger partial charge in [-0.2, -0.15) is 0 Å². The van der Waals surface area contributed by atoms with Crippen molar-refractivity contribution in [1.82, 2.24) is 4.72 Å². The largest absolute Gasteiger partial charge is 0.497 e. The van der Waals surface area contributed by atoms with Crippen molar-refractivity contribution in [3.05, 3.63) is 59.7 Å². The number of rotatable bonds is 7. The van der Waals surface area contributed by atoms with Crippen molar-refractivity contribution in [1.29, 1.82) is 0 Å². The standard InChI is InChI=1S/C17H17NO6S/c1-18-25(21,22)15-5-3-4-13(10-15)17(20)24-11-16(19)12-6-8-14(23-2)9-7-12/h3-10,18H,11H2,1-2H3. The Hall–Kier alpha value is -2.71. The second kappa shape index (κ2) is 7.91. The zero-order valence-corrected chi connectivity index (χ0v) is 14.5. The molecule has 0 fully saturated rings. The number of esters is 1. The molecule has 0 amide bonds. The highest BCUT2D eigenvalue weighted by Crippen LogP contribution is 2.14. The Morgan fingerprint density at radius 2 is 1.72 bits per heavy atom. The zero-order valence-electron chi connectivity index (χ0n) is 13.7. The van der Waals surface area contributed by atoms with Gasteiger partial charge in [0, 0.05) is 5.56 Å². The summed E-state index contributed by atoms with van der Waals surface area (Å²) in [6.45, 7) is -0.450. The van der Waals surface area contributed by atoms with Crippen LogP contribution in [0.3, 0.4) is 0 Å². The average molecular weight is 363 g/mol. The van der Waals surface area contributed by atoms with Gasteiger partial charge < -0.3 is 9.47 Å². The van der Waals surface area contributed by atoms with Crippen molar-refractivity contribution in [3.8, 4) is 5.75 Å². The minimum atomic E-state index is -3.67. The number of methoxy groups -OCH3 is 1. The maximum absolute atomic E-state index is 12.0. The van der Waals surface area contributed by atoms with Crippen LogP contribution in [-0.2, 0) is 14.8 Å². The van der Waals surface area contributed by atoms with Gasteiger partial charge in [-0.3, -0.25) is 4.79 Å². The first-order valence-corrected chi connectivity index (χ1v) is 8.73. The van der Waals surface area contributed by atoms with E-state index in [1.807, 2.05) is 0 Å². The number of sulfonamides is 1. The summed E-state index contributed by atoms with van der Waals surface area (Å²) < 4.78 is 35.6. The number of ketones is 1. The molecule has 0 saturated heterocycles. The van der Waals surface area contributed by atoms with Gasteiger partial charge in [-0.1, -0.05) is 6.07 Å². The van der Waals surface area contributed by atoms with Crippen LogP contribution in [-0.4, -0.2) is 40.9 Å². The number of Topliss-reactive ketones (excluding diaryl/α,β-unsaturated/α-hetero) is 1. The fourth-order valence-electron chi connectivity index (χ4n) is 1.98. The summed E-state index contributed by atoms with van der Waals surface area (Å²) in [6.07, 6.45) is 0. The lowest BCUT2D eigenvalue weighted by Crippen LogP contribution is -2.19. The Bertz CT molecular complexity index is 874.